The Kier molecular flexibility index (Phi) is 5.93. The van der Waals surface area contributed by atoms with Gasteiger partial charge in [-0.2, -0.15) is 13.2 Å². The zero-order valence-electron chi connectivity index (χ0n) is 17.8. The molecule has 2 aromatic rings. The van der Waals surface area contributed by atoms with Gasteiger partial charge in [-0.05, 0) is 55.5 Å². The largest absolute Gasteiger partial charge is 0.478 e. The summed E-state index contributed by atoms with van der Waals surface area (Å²) in [5.41, 5.74) is 3.84. The number of carboxylic acid groups (broad SMARTS) is 1. The van der Waals surface area contributed by atoms with Crippen molar-refractivity contribution >= 4 is 29.4 Å². The minimum absolute atomic E-state index is 0.123. The molecule has 0 heterocycles. The van der Waals surface area contributed by atoms with Crippen molar-refractivity contribution in [1.82, 2.24) is 0 Å². The maximum atomic E-state index is 14.5. The quantitative estimate of drug-likeness (QED) is 0.397. The number of rotatable bonds is 7. The molecule has 0 radical (unpaired) electrons. The minimum Gasteiger partial charge on any atom is -0.478 e. The molecule has 2 saturated carbocycles. The Morgan fingerprint density at radius 2 is 1.82 bits per heavy atom. The molecule has 0 bridgehead atoms. The molecule has 0 atom stereocenters. The molecule has 2 aromatic carbocycles. The van der Waals surface area contributed by atoms with Gasteiger partial charge in [-0.1, -0.05) is 12.1 Å². The Bertz CT molecular complexity index is 1210. The molecule has 2 fully saturated rings. The van der Waals surface area contributed by atoms with Crippen LogP contribution in [0.25, 0.3) is 5.57 Å². The number of nitrogens with one attached hydrogen (secondary N) is 1. The molecule has 2 aliphatic carbocycles. The monoisotopic (exact) mass is 475 g/mol. The summed E-state index contributed by atoms with van der Waals surface area (Å²) < 4.78 is 53.1. The topological polar surface area (TPSA) is 105 Å². The number of carbonyl (C=O) groups excluding carboxylic acids is 1. The second-order valence-corrected chi connectivity index (χ2v) is 8.43. The second-order valence-electron chi connectivity index (χ2n) is 8.43. The van der Waals surface area contributed by atoms with Crippen LogP contribution in [0.4, 0.5) is 23.2 Å². The Morgan fingerprint density at radius 1 is 1.12 bits per heavy atom. The van der Waals surface area contributed by atoms with Crippen molar-refractivity contribution < 1.29 is 32.3 Å². The smallest absolute Gasteiger partial charge is 0.416 e. The van der Waals surface area contributed by atoms with E-state index in [0.29, 0.717) is 17.2 Å². The number of hydrogen-bond acceptors (Lipinski definition) is 4. The zero-order valence-corrected chi connectivity index (χ0v) is 17.8. The molecule has 178 valence electrons. The van der Waals surface area contributed by atoms with Crippen LogP contribution >= 0.6 is 0 Å². The van der Waals surface area contributed by atoms with E-state index in [4.69, 9.17) is 5.73 Å². The number of halogens is 4. The molecule has 10 heteroatoms. The normalized spacial score (nSPS) is 17.6. The molecule has 0 aliphatic heterocycles. The maximum absolute atomic E-state index is 14.5. The van der Waals surface area contributed by atoms with E-state index in [2.05, 4.69) is 10.3 Å². The lowest BCUT2D eigenvalue weighted by Gasteiger charge is -2.18. The molecular weight excluding hydrogens is 454 g/mol. The lowest BCUT2D eigenvalue weighted by Crippen LogP contribution is -2.29. The first-order valence-corrected chi connectivity index (χ1v) is 10.6. The molecular formula is C24H21F4N3O3. The standard InChI is InChI=1S/C24H21F4N3O3/c25-20-9-14(24(26,27)28)1-6-19(20)23(7-8-23)22(34)31-16-4-5-17(18(10-16)21(32)33)13(11-29)12-30-15-2-3-15/h1,4-6,9-12,15H,2-3,7-8,29H2,(H,31,34)(H,32,33). The van der Waals surface area contributed by atoms with Crippen LogP contribution in [0.1, 0.15) is 52.7 Å². The van der Waals surface area contributed by atoms with Gasteiger partial charge in [0.1, 0.15) is 5.82 Å². The molecule has 34 heavy (non-hydrogen) atoms. The van der Waals surface area contributed by atoms with E-state index in [9.17, 15) is 32.3 Å². The number of hydrogen-bond donors (Lipinski definition) is 3. The summed E-state index contributed by atoms with van der Waals surface area (Å²) in [7, 11) is 0. The molecule has 1 amide bonds. The number of amides is 1. The van der Waals surface area contributed by atoms with Crippen molar-refractivity contribution in [3.05, 3.63) is 70.7 Å². The summed E-state index contributed by atoms with van der Waals surface area (Å²) in [4.78, 5) is 29.1. The highest BCUT2D eigenvalue weighted by Gasteiger charge is 2.53. The van der Waals surface area contributed by atoms with E-state index in [1.165, 1.54) is 30.6 Å². The van der Waals surface area contributed by atoms with E-state index in [1.807, 2.05) is 0 Å². The van der Waals surface area contributed by atoms with Gasteiger partial charge in [0.25, 0.3) is 0 Å². The van der Waals surface area contributed by atoms with Crippen LogP contribution in [-0.4, -0.2) is 29.2 Å². The average Bonchev–Trinajstić information content (AvgIpc) is 3.69. The molecule has 2 aliphatic rings. The van der Waals surface area contributed by atoms with Crippen LogP contribution in [0.15, 0.2) is 47.6 Å². The van der Waals surface area contributed by atoms with Crippen molar-refractivity contribution in [3.8, 4) is 0 Å². The zero-order chi connectivity index (χ0) is 24.7. The van der Waals surface area contributed by atoms with Crippen molar-refractivity contribution in [2.24, 2.45) is 10.7 Å². The fraction of sp³-hybridized carbons (Fsp3) is 0.292. The number of nitrogens with two attached hydrogens (primary N) is 1. The number of carboxylic acids is 1. The highest BCUT2D eigenvalue weighted by Crippen LogP contribution is 2.50. The van der Waals surface area contributed by atoms with E-state index in [1.54, 1.807) is 0 Å². The summed E-state index contributed by atoms with van der Waals surface area (Å²) in [6.45, 7) is 0. The maximum Gasteiger partial charge on any atom is 0.416 e. The fourth-order valence-electron chi connectivity index (χ4n) is 3.74. The summed E-state index contributed by atoms with van der Waals surface area (Å²) in [5, 5.41) is 12.2. The first-order valence-electron chi connectivity index (χ1n) is 10.6. The Labute approximate surface area is 192 Å². The molecule has 0 unspecified atom stereocenters. The van der Waals surface area contributed by atoms with E-state index < -0.39 is 34.8 Å². The third kappa shape index (κ3) is 4.66. The summed E-state index contributed by atoms with van der Waals surface area (Å²) in [6, 6.07) is 6.53. The van der Waals surface area contributed by atoms with Crippen molar-refractivity contribution in [1.29, 1.82) is 0 Å². The van der Waals surface area contributed by atoms with E-state index in [-0.39, 0.29) is 35.7 Å². The van der Waals surface area contributed by atoms with Crippen molar-refractivity contribution in [2.75, 3.05) is 5.32 Å². The van der Waals surface area contributed by atoms with Gasteiger partial charge in [-0.15, -0.1) is 0 Å². The first kappa shape index (κ1) is 23.5. The van der Waals surface area contributed by atoms with Gasteiger partial charge >= 0.3 is 12.1 Å². The number of carbonyl (C=O) groups is 2. The first-order chi connectivity index (χ1) is 16.0. The Hall–Kier alpha value is -3.69. The summed E-state index contributed by atoms with van der Waals surface area (Å²) >= 11 is 0. The molecule has 0 saturated heterocycles. The number of allylic oxidation sites excluding steroid dienone is 1. The van der Waals surface area contributed by atoms with Gasteiger partial charge in [-0.3, -0.25) is 9.79 Å². The van der Waals surface area contributed by atoms with Gasteiger partial charge in [0, 0.05) is 29.2 Å². The van der Waals surface area contributed by atoms with Gasteiger partial charge in [0.2, 0.25) is 5.91 Å². The van der Waals surface area contributed by atoms with Crippen LogP contribution in [-0.2, 0) is 16.4 Å². The van der Waals surface area contributed by atoms with Gasteiger partial charge in [0.05, 0.1) is 22.6 Å². The fourth-order valence-corrected chi connectivity index (χ4v) is 3.74. The highest BCUT2D eigenvalue weighted by molar-refractivity contribution is 6.13. The minimum atomic E-state index is -4.70. The number of aromatic carboxylic acids is 1. The van der Waals surface area contributed by atoms with Crippen LogP contribution < -0.4 is 11.1 Å². The van der Waals surface area contributed by atoms with Crippen molar-refractivity contribution in [2.45, 2.75) is 43.3 Å². The number of benzene rings is 2. The molecule has 6 nitrogen and oxygen atoms in total. The van der Waals surface area contributed by atoms with Crippen molar-refractivity contribution in [3.63, 3.8) is 0 Å². The SMILES string of the molecule is NC=C(C=NC1CC1)c1ccc(NC(=O)C2(c3ccc(C(F)(F)F)cc3F)CC2)cc1C(=O)O. The number of anilines is 1. The summed E-state index contributed by atoms with van der Waals surface area (Å²) in [5.74, 6) is -2.99. The number of alkyl halides is 3. The lowest BCUT2D eigenvalue weighted by molar-refractivity contribution is -0.137. The lowest BCUT2D eigenvalue weighted by atomic mass is 9.93. The van der Waals surface area contributed by atoms with Crippen LogP contribution in [0.3, 0.4) is 0 Å². The molecule has 0 spiro atoms. The van der Waals surface area contributed by atoms with E-state index in [0.717, 1.165) is 25.0 Å². The predicted octanol–water partition coefficient (Wildman–Crippen LogP) is 4.75. The number of nitrogens with zero attached hydrogens (tertiary/aromatic N) is 1. The van der Waals surface area contributed by atoms with E-state index >= 15 is 0 Å². The van der Waals surface area contributed by atoms with Gasteiger partial charge < -0.3 is 16.2 Å². The van der Waals surface area contributed by atoms with Crippen LogP contribution in [0, 0.1) is 5.82 Å². The van der Waals surface area contributed by atoms with Crippen LogP contribution in [0.2, 0.25) is 0 Å². The van der Waals surface area contributed by atoms with Gasteiger partial charge in [-0.25, -0.2) is 9.18 Å². The second kappa shape index (κ2) is 8.58. The number of aliphatic imine (C=N–C) groups is 1. The predicted molar refractivity (Wildman–Crippen MR) is 118 cm³/mol. The van der Waals surface area contributed by atoms with Crippen LogP contribution in [0.5, 0.6) is 0 Å². The average molecular weight is 475 g/mol. The molecule has 0 aromatic heterocycles. The third-order valence-corrected chi connectivity index (χ3v) is 5.97. The Balaban J connectivity index is 1.58. The molecule has 4 rings (SSSR count). The highest BCUT2D eigenvalue weighted by atomic mass is 19.4. The van der Waals surface area contributed by atoms with Gasteiger partial charge in [0.15, 0.2) is 0 Å². The Morgan fingerprint density at radius 3 is 2.35 bits per heavy atom. The molecule has 4 N–H and O–H groups in total. The third-order valence-electron chi connectivity index (χ3n) is 5.97. The summed E-state index contributed by atoms with van der Waals surface area (Å²) in [6.07, 6.45) is 0.500.